The number of rotatable bonds is 3. The Bertz CT molecular complexity index is 1020. The quantitative estimate of drug-likeness (QED) is 0.666. The van der Waals surface area contributed by atoms with Crippen molar-refractivity contribution in [3.8, 4) is 17.3 Å². The molecule has 2 aliphatic rings. The summed E-state index contributed by atoms with van der Waals surface area (Å²) in [6.45, 7) is 0.573. The molecule has 1 atom stereocenters. The first kappa shape index (κ1) is 16.1. The van der Waals surface area contributed by atoms with Crippen LogP contribution in [0.15, 0.2) is 24.3 Å². The lowest BCUT2D eigenvalue weighted by Crippen LogP contribution is -2.26. The molecule has 1 aromatic carbocycles. The van der Waals surface area contributed by atoms with E-state index in [4.69, 9.17) is 4.74 Å². The van der Waals surface area contributed by atoms with Gasteiger partial charge < -0.3 is 15.0 Å². The molecule has 5 rings (SSSR count). The topological polar surface area (TPSA) is 95.7 Å². The van der Waals surface area contributed by atoms with Crippen LogP contribution in [0.5, 0.6) is 5.75 Å². The smallest absolute Gasteiger partial charge is 0.271 e. The van der Waals surface area contributed by atoms with Crippen LogP contribution in [0.3, 0.4) is 0 Å². The molecule has 1 aliphatic carbocycles. The van der Waals surface area contributed by atoms with Gasteiger partial charge in [-0.3, -0.25) is 9.89 Å². The zero-order valence-corrected chi connectivity index (χ0v) is 15.1. The van der Waals surface area contributed by atoms with Gasteiger partial charge in [-0.05, 0) is 43.4 Å². The Balaban J connectivity index is 1.51. The number of hydrogen-bond donors (Lipinski definition) is 3. The summed E-state index contributed by atoms with van der Waals surface area (Å²) >= 11 is 0. The lowest BCUT2D eigenvalue weighted by atomic mass is 9.94. The van der Waals surface area contributed by atoms with Crippen molar-refractivity contribution in [1.29, 1.82) is 0 Å². The maximum atomic E-state index is 12.6. The second kappa shape index (κ2) is 6.26. The van der Waals surface area contributed by atoms with Crippen LogP contribution in [-0.4, -0.2) is 39.7 Å². The minimum Gasteiger partial charge on any atom is -0.497 e. The molecule has 0 saturated carbocycles. The summed E-state index contributed by atoms with van der Waals surface area (Å²) in [4.78, 5) is 20.6. The summed E-state index contributed by atoms with van der Waals surface area (Å²) in [5, 5.41) is 10.6. The maximum Gasteiger partial charge on any atom is 0.271 e. The van der Waals surface area contributed by atoms with Crippen molar-refractivity contribution in [1.82, 2.24) is 25.5 Å². The molecule has 138 valence electrons. The monoisotopic (exact) mass is 363 g/mol. The second-order valence-electron chi connectivity index (χ2n) is 7.18. The van der Waals surface area contributed by atoms with Crippen LogP contribution in [0.2, 0.25) is 0 Å². The van der Waals surface area contributed by atoms with Crippen molar-refractivity contribution in [2.24, 2.45) is 0 Å². The number of fused-ring (bicyclic) bond motifs is 2. The summed E-state index contributed by atoms with van der Waals surface area (Å²) in [6, 6.07) is 8.01. The van der Waals surface area contributed by atoms with Gasteiger partial charge in [0.25, 0.3) is 5.91 Å². The highest BCUT2D eigenvalue weighted by molar-refractivity contribution is 5.94. The predicted octanol–water partition coefficient (Wildman–Crippen LogP) is 2.37. The minimum absolute atomic E-state index is 0.134. The lowest BCUT2D eigenvalue weighted by Gasteiger charge is -2.15. The number of carbonyl (C=O) groups is 1. The van der Waals surface area contributed by atoms with Gasteiger partial charge in [0.2, 0.25) is 0 Å². The second-order valence-corrected chi connectivity index (χ2v) is 7.18. The SMILES string of the molecule is COc1cccc(C2CNC(=O)c3nc(-c4n[nH]c5c4CCC5)[nH]c3C2)c1. The Hall–Kier alpha value is -3.09. The van der Waals surface area contributed by atoms with E-state index in [0.717, 1.165) is 42.0 Å². The number of amides is 1. The average Bonchev–Trinajstić information content (AvgIpc) is 3.38. The molecule has 0 radical (unpaired) electrons. The van der Waals surface area contributed by atoms with E-state index in [0.29, 0.717) is 24.5 Å². The number of aryl methyl sites for hydroxylation is 1. The summed E-state index contributed by atoms with van der Waals surface area (Å²) in [7, 11) is 1.66. The lowest BCUT2D eigenvalue weighted by molar-refractivity contribution is 0.0950. The number of benzene rings is 1. The van der Waals surface area contributed by atoms with Crippen LogP contribution in [0.25, 0.3) is 11.5 Å². The van der Waals surface area contributed by atoms with E-state index >= 15 is 0 Å². The Kier molecular flexibility index (Phi) is 3.74. The van der Waals surface area contributed by atoms with E-state index in [1.807, 2.05) is 18.2 Å². The van der Waals surface area contributed by atoms with Crippen LogP contribution < -0.4 is 10.1 Å². The molecule has 0 bridgehead atoms. The number of aromatic amines is 2. The largest absolute Gasteiger partial charge is 0.497 e. The first-order valence-corrected chi connectivity index (χ1v) is 9.30. The Labute approximate surface area is 156 Å². The number of methoxy groups -OCH3 is 1. The molecule has 7 nitrogen and oxygen atoms in total. The average molecular weight is 363 g/mol. The number of ether oxygens (including phenoxy) is 1. The van der Waals surface area contributed by atoms with Crippen LogP contribution in [0.4, 0.5) is 0 Å². The van der Waals surface area contributed by atoms with Crippen molar-refractivity contribution in [3.05, 3.63) is 52.5 Å². The minimum atomic E-state index is -0.134. The maximum absolute atomic E-state index is 12.6. The Morgan fingerprint density at radius 2 is 2.11 bits per heavy atom. The molecular weight excluding hydrogens is 342 g/mol. The number of nitrogens with one attached hydrogen (secondary N) is 3. The number of nitrogens with zero attached hydrogens (tertiary/aromatic N) is 2. The molecule has 2 aromatic heterocycles. The number of hydrogen-bond acceptors (Lipinski definition) is 4. The first-order chi connectivity index (χ1) is 13.2. The van der Waals surface area contributed by atoms with Gasteiger partial charge in [0, 0.05) is 29.4 Å². The summed E-state index contributed by atoms with van der Waals surface area (Å²) in [5.74, 6) is 1.52. The molecule has 3 N–H and O–H groups in total. The van der Waals surface area contributed by atoms with Crippen molar-refractivity contribution >= 4 is 5.91 Å². The normalized spacial score (nSPS) is 18.6. The number of H-pyrrole nitrogens is 2. The van der Waals surface area contributed by atoms with Crippen molar-refractivity contribution in [2.45, 2.75) is 31.6 Å². The Morgan fingerprint density at radius 3 is 3.00 bits per heavy atom. The molecule has 0 saturated heterocycles. The van der Waals surface area contributed by atoms with E-state index in [2.05, 4.69) is 31.5 Å². The van der Waals surface area contributed by atoms with E-state index in [-0.39, 0.29) is 11.8 Å². The molecule has 0 spiro atoms. The zero-order valence-electron chi connectivity index (χ0n) is 15.1. The van der Waals surface area contributed by atoms with Crippen LogP contribution >= 0.6 is 0 Å². The van der Waals surface area contributed by atoms with Gasteiger partial charge in [0.05, 0.1) is 7.11 Å². The number of imidazole rings is 1. The van der Waals surface area contributed by atoms with Crippen molar-refractivity contribution < 1.29 is 9.53 Å². The summed E-state index contributed by atoms with van der Waals surface area (Å²) in [5.41, 5.74) is 5.74. The number of carbonyl (C=O) groups excluding carboxylic acids is 1. The molecular formula is C20H21N5O2. The van der Waals surface area contributed by atoms with Gasteiger partial charge in [-0.25, -0.2) is 4.98 Å². The highest BCUT2D eigenvalue weighted by Crippen LogP contribution is 2.31. The summed E-state index contributed by atoms with van der Waals surface area (Å²) in [6.07, 6.45) is 3.88. The Morgan fingerprint density at radius 1 is 1.19 bits per heavy atom. The van der Waals surface area contributed by atoms with Gasteiger partial charge in [-0.15, -0.1) is 0 Å². The van der Waals surface area contributed by atoms with Crippen LogP contribution in [-0.2, 0) is 19.3 Å². The third-order valence-corrected chi connectivity index (χ3v) is 5.55. The van der Waals surface area contributed by atoms with Crippen molar-refractivity contribution in [2.75, 3.05) is 13.7 Å². The fourth-order valence-corrected chi connectivity index (χ4v) is 4.12. The fraction of sp³-hybridized carbons (Fsp3) is 0.350. The van der Waals surface area contributed by atoms with Gasteiger partial charge >= 0.3 is 0 Å². The van der Waals surface area contributed by atoms with E-state index in [9.17, 15) is 4.79 Å². The molecule has 3 aromatic rings. The number of aromatic nitrogens is 4. The molecule has 1 unspecified atom stereocenters. The summed E-state index contributed by atoms with van der Waals surface area (Å²) < 4.78 is 5.34. The highest BCUT2D eigenvalue weighted by atomic mass is 16.5. The van der Waals surface area contributed by atoms with Gasteiger partial charge in [0.15, 0.2) is 5.82 Å². The van der Waals surface area contributed by atoms with Crippen LogP contribution in [0, 0.1) is 0 Å². The molecule has 1 aliphatic heterocycles. The third kappa shape index (κ3) is 2.70. The standard InChI is InChI=1S/C20H21N5O2/c1-27-13-5-2-4-11(8-13)12-9-16-18(20(26)21-10-12)23-19(22-16)17-14-6-3-7-15(14)24-25-17/h2,4-5,8,12H,3,6-7,9-10H2,1H3,(H,21,26)(H,22,23)(H,24,25). The van der Waals surface area contributed by atoms with E-state index < -0.39 is 0 Å². The van der Waals surface area contributed by atoms with Gasteiger partial charge in [-0.2, -0.15) is 5.10 Å². The molecule has 0 fully saturated rings. The molecule has 7 heteroatoms. The zero-order chi connectivity index (χ0) is 18.4. The van der Waals surface area contributed by atoms with Gasteiger partial charge in [0.1, 0.15) is 17.1 Å². The molecule has 3 heterocycles. The van der Waals surface area contributed by atoms with E-state index in [1.54, 1.807) is 7.11 Å². The van der Waals surface area contributed by atoms with Gasteiger partial charge in [-0.1, -0.05) is 12.1 Å². The van der Waals surface area contributed by atoms with Crippen molar-refractivity contribution in [3.63, 3.8) is 0 Å². The third-order valence-electron chi connectivity index (χ3n) is 5.55. The predicted molar refractivity (Wildman–Crippen MR) is 100.0 cm³/mol. The molecule has 1 amide bonds. The highest BCUT2D eigenvalue weighted by Gasteiger charge is 2.29. The first-order valence-electron chi connectivity index (χ1n) is 9.30. The molecule has 27 heavy (non-hydrogen) atoms. The fourth-order valence-electron chi connectivity index (χ4n) is 4.12. The van der Waals surface area contributed by atoms with E-state index in [1.165, 1.54) is 11.3 Å². The van der Waals surface area contributed by atoms with Crippen LogP contribution in [0.1, 0.15) is 45.3 Å².